The molecule has 17 heavy (non-hydrogen) atoms. The van der Waals surface area contributed by atoms with Crippen LogP contribution >= 0.6 is 0 Å². The fourth-order valence-corrected chi connectivity index (χ4v) is 2.09. The van der Waals surface area contributed by atoms with Crippen molar-refractivity contribution >= 4 is 11.8 Å². The quantitative estimate of drug-likeness (QED) is 0.858. The van der Waals surface area contributed by atoms with Crippen molar-refractivity contribution in [3.63, 3.8) is 0 Å². The molecule has 0 unspecified atom stereocenters. The topological polar surface area (TPSA) is 55.1 Å². The summed E-state index contributed by atoms with van der Waals surface area (Å²) in [4.78, 5) is 11.9. The van der Waals surface area contributed by atoms with Gasteiger partial charge in [0.25, 0.3) is 5.91 Å². The summed E-state index contributed by atoms with van der Waals surface area (Å²) in [5.41, 5.74) is 2.65. The van der Waals surface area contributed by atoms with Crippen molar-refractivity contribution in [1.82, 2.24) is 5.16 Å². The average Bonchev–Trinajstić information content (AvgIpc) is 2.95. The molecule has 4 nitrogen and oxygen atoms in total. The maximum absolute atomic E-state index is 11.9. The molecule has 0 fully saturated rings. The predicted octanol–water partition coefficient (Wildman–Crippen LogP) is 2.42. The molecule has 1 aliphatic carbocycles. The minimum Gasteiger partial charge on any atom is -0.338 e. The lowest BCUT2D eigenvalue weighted by atomic mass is 10.2. The molecule has 1 aromatic heterocycles. The Morgan fingerprint density at radius 3 is 2.88 bits per heavy atom. The van der Waals surface area contributed by atoms with E-state index >= 15 is 0 Å². The third-order valence-electron chi connectivity index (χ3n) is 2.97. The summed E-state index contributed by atoms with van der Waals surface area (Å²) in [5.74, 6) is 0.350. The molecule has 1 aromatic carbocycles. The Morgan fingerprint density at radius 1 is 1.24 bits per heavy atom. The lowest BCUT2D eigenvalue weighted by Gasteiger charge is -2.02. The summed E-state index contributed by atoms with van der Waals surface area (Å²) in [6.45, 7) is 0. The molecule has 0 atom stereocenters. The van der Waals surface area contributed by atoms with Gasteiger partial charge in [-0.15, -0.1) is 0 Å². The molecular formula is C13H12N2O2. The van der Waals surface area contributed by atoms with Gasteiger partial charge in [-0.25, -0.2) is 0 Å². The molecule has 1 amide bonds. The van der Waals surface area contributed by atoms with Crippen LogP contribution in [0.5, 0.6) is 0 Å². The highest BCUT2D eigenvalue weighted by Crippen LogP contribution is 2.28. The van der Waals surface area contributed by atoms with Gasteiger partial charge in [-0.3, -0.25) is 10.1 Å². The summed E-state index contributed by atoms with van der Waals surface area (Å²) in [6.07, 6.45) is 2.96. The van der Waals surface area contributed by atoms with Crippen LogP contribution in [0.2, 0.25) is 0 Å². The van der Waals surface area contributed by atoms with Gasteiger partial charge in [-0.1, -0.05) is 23.4 Å². The van der Waals surface area contributed by atoms with Crippen molar-refractivity contribution in [2.75, 3.05) is 5.32 Å². The molecule has 0 saturated heterocycles. The van der Waals surface area contributed by atoms with Gasteiger partial charge in [0.2, 0.25) is 5.88 Å². The summed E-state index contributed by atoms with van der Waals surface area (Å²) >= 11 is 0. The van der Waals surface area contributed by atoms with Gasteiger partial charge in [-0.05, 0) is 31.4 Å². The number of carbonyl (C=O) groups excluding carboxylic acids is 1. The highest BCUT2D eigenvalue weighted by atomic mass is 16.5. The van der Waals surface area contributed by atoms with Crippen LogP contribution in [0.15, 0.2) is 34.9 Å². The Hall–Kier alpha value is -2.10. The van der Waals surface area contributed by atoms with Crippen molar-refractivity contribution in [1.29, 1.82) is 0 Å². The number of benzene rings is 1. The zero-order chi connectivity index (χ0) is 11.7. The van der Waals surface area contributed by atoms with E-state index in [1.807, 2.05) is 18.2 Å². The molecule has 0 spiro atoms. The summed E-state index contributed by atoms with van der Waals surface area (Å²) in [6, 6.07) is 9.08. The van der Waals surface area contributed by atoms with Gasteiger partial charge in [-0.2, -0.15) is 0 Å². The number of nitrogens with zero attached hydrogens (tertiary/aromatic N) is 1. The van der Waals surface area contributed by atoms with Crippen LogP contribution in [0, 0.1) is 0 Å². The minimum absolute atomic E-state index is 0.156. The number of rotatable bonds is 2. The van der Waals surface area contributed by atoms with Crippen molar-refractivity contribution in [2.24, 2.45) is 0 Å². The Kier molecular flexibility index (Phi) is 2.40. The second-order valence-electron chi connectivity index (χ2n) is 4.11. The molecule has 0 aliphatic heterocycles. The van der Waals surface area contributed by atoms with Crippen LogP contribution in [-0.2, 0) is 12.8 Å². The first kappa shape index (κ1) is 10.1. The van der Waals surface area contributed by atoms with Crippen molar-refractivity contribution in [3.8, 4) is 0 Å². The Balaban J connectivity index is 1.81. The SMILES string of the molecule is O=C(Nc1onc2c1CCC2)c1ccccc1. The van der Waals surface area contributed by atoms with E-state index < -0.39 is 0 Å². The predicted molar refractivity (Wildman–Crippen MR) is 62.9 cm³/mol. The van der Waals surface area contributed by atoms with E-state index in [1.54, 1.807) is 12.1 Å². The van der Waals surface area contributed by atoms with Crippen molar-refractivity contribution in [3.05, 3.63) is 47.2 Å². The first-order valence-electron chi connectivity index (χ1n) is 5.68. The number of hydrogen-bond donors (Lipinski definition) is 1. The van der Waals surface area contributed by atoms with Crippen LogP contribution < -0.4 is 5.32 Å². The molecule has 2 aromatic rings. The lowest BCUT2D eigenvalue weighted by Crippen LogP contribution is -2.12. The van der Waals surface area contributed by atoms with Crippen molar-refractivity contribution < 1.29 is 9.32 Å². The largest absolute Gasteiger partial charge is 0.338 e. The zero-order valence-electron chi connectivity index (χ0n) is 9.27. The van der Waals surface area contributed by atoms with E-state index in [2.05, 4.69) is 10.5 Å². The monoisotopic (exact) mass is 228 g/mol. The number of carbonyl (C=O) groups is 1. The summed E-state index contributed by atoms with van der Waals surface area (Å²) in [7, 11) is 0. The molecule has 3 rings (SSSR count). The van der Waals surface area contributed by atoms with E-state index in [0.717, 1.165) is 30.5 Å². The normalized spacial score (nSPS) is 13.4. The van der Waals surface area contributed by atoms with Crippen molar-refractivity contribution in [2.45, 2.75) is 19.3 Å². The second kappa shape index (κ2) is 4.05. The molecule has 0 saturated carbocycles. The lowest BCUT2D eigenvalue weighted by molar-refractivity contribution is 0.102. The van der Waals surface area contributed by atoms with Gasteiger partial charge < -0.3 is 4.52 Å². The van der Waals surface area contributed by atoms with Gasteiger partial charge in [0.1, 0.15) is 0 Å². The first-order chi connectivity index (χ1) is 8.34. The number of hydrogen-bond acceptors (Lipinski definition) is 3. The molecule has 4 heteroatoms. The van der Waals surface area contributed by atoms with Gasteiger partial charge in [0.15, 0.2) is 0 Å². The maximum atomic E-state index is 11.9. The number of aromatic nitrogens is 1. The fraction of sp³-hybridized carbons (Fsp3) is 0.231. The second-order valence-corrected chi connectivity index (χ2v) is 4.11. The van der Waals surface area contributed by atoms with Crippen LogP contribution in [0.25, 0.3) is 0 Å². The summed E-state index contributed by atoms with van der Waals surface area (Å²) < 4.78 is 5.15. The molecule has 1 aliphatic rings. The third kappa shape index (κ3) is 1.82. The Bertz CT molecular complexity index is 546. The highest BCUT2D eigenvalue weighted by molar-refractivity contribution is 6.03. The van der Waals surface area contributed by atoms with E-state index in [-0.39, 0.29) is 5.91 Å². The van der Waals surface area contributed by atoms with Crippen LogP contribution in [0.1, 0.15) is 28.0 Å². The highest BCUT2D eigenvalue weighted by Gasteiger charge is 2.22. The van der Waals surface area contributed by atoms with Crippen LogP contribution in [0.3, 0.4) is 0 Å². The van der Waals surface area contributed by atoms with E-state index in [1.165, 1.54) is 0 Å². The van der Waals surface area contributed by atoms with Gasteiger partial charge >= 0.3 is 0 Å². The van der Waals surface area contributed by atoms with Gasteiger partial charge in [0.05, 0.1) is 5.69 Å². The number of aryl methyl sites for hydroxylation is 1. The fourth-order valence-electron chi connectivity index (χ4n) is 2.09. The average molecular weight is 228 g/mol. The third-order valence-corrected chi connectivity index (χ3v) is 2.97. The Labute approximate surface area is 98.6 Å². The van der Waals surface area contributed by atoms with Crippen LogP contribution in [-0.4, -0.2) is 11.1 Å². The smallest absolute Gasteiger partial charge is 0.258 e. The molecule has 1 heterocycles. The maximum Gasteiger partial charge on any atom is 0.258 e. The molecule has 0 radical (unpaired) electrons. The standard InChI is InChI=1S/C13H12N2O2/c16-12(9-5-2-1-3-6-9)14-13-10-7-4-8-11(10)15-17-13/h1-3,5-6H,4,7-8H2,(H,14,16). The number of anilines is 1. The number of amides is 1. The van der Waals surface area contributed by atoms with E-state index in [4.69, 9.17) is 4.52 Å². The van der Waals surface area contributed by atoms with E-state index in [0.29, 0.717) is 11.4 Å². The Morgan fingerprint density at radius 2 is 2.06 bits per heavy atom. The molecule has 1 N–H and O–H groups in total. The molecular weight excluding hydrogens is 216 g/mol. The number of nitrogens with one attached hydrogen (secondary N) is 1. The number of fused-ring (bicyclic) bond motifs is 1. The van der Waals surface area contributed by atoms with Gasteiger partial charge in [0, 0.05) is 11.1 Å². The minimum atomic E-state index is -0.156. The molecule has 86 valence electrons. The zero-order valence-corrected chi connectivity index (χ0v) is 9.27. The first-order valence-corrected chi connectivity index (χ1v) is 5.68. The summed E-state index contributed by atoms with van der Waals surface area (Å²) in [5, 5.41) is 6.72. The van der Waals surface area contributed by atoms with Crippen LogP contribution in [0.4, 0.5) is 5.88 Å². The van der Waals surface area contributed by atoms with E-state index in [9.17, 15) is 4.79 Å². The molecule has 0 bridgehead atoms.